The van der Waals surface area contributed by atoms with E-state index >= 15 is 0 Å². The van der Waals surface area contributed by atoms with E-state index in [9.17, 15) is 14.3 Å². The van der Waals surface area contributed by atoms with Crippen molar-refractivity contribution in [3.05, 3.63) is 51.6 Å². The van der Waals surface area contributed by atoms with E-state index in [1.54, 1.807) is 12.1 Å². The molecule has 1 fully saturated rings. The van der Waals surface area contributed by atoms with Crippen molar-refractivity contribution in [1.29, 1.82) is 0 Å². The number of fused-ring (bicyclic) bond motifs is 1. The van der Waals surface area contributed by atoms with Crippen molar-refractivity contribution in [1.82, 2.24) is 14.7 Å². The minimum atomic E-state index is -0.345. The van der Waals surface area contributed by atoms with Gasteiger partial charge < -0.3 is 10.0 Å². The Kier molecular flexibility index (Phi) is 5.93. The second-order valence-electron chi connectivity index (χ2n) is 8.35. The number of amides is 1. The minimum absolute atomic E-state index is 0.167. The third kappa shape index (κ3) is 4.48. The van der Waals surface area contributed by atoms with Crippen LogP contribution < -0.4 is 0 Å². The number of nitrogens with zero attached hydrogens (tertiary/aromatic N) is 3. The standard InChI is InChI=1S/C22H27ClFN3O2/c1-14-19-8-9-26(22(29)10-15-2-6-18(28)7-3-15)13-21(19)27(25-14)12-16-4-5-17(23)11-20(16)24/h4-5,11,15,18,28H,2-3,6-10,12-13H2,1H3. The molecule has 7 heteroatoms. The predicted molar refractivity (Wildman–Crippen MR) is 109 cm³/mol. The molecule has 1 aromatic heterocycles. The molecule has 1 aliphatic heterocycles. The van der Waals surface area contributed by atoms with E-state index in [1.807, 2.05) is 16.5 Å². The van der Waals surface area contributed by atoms with Crippen molar-refractivity contribution in [2.24, 2.45) is 5.92 Å². The Morgan fingerprint density at radius 2 is 2.07 bits per heavy atom. The van der Waals surface area contributed by atoms with Crippen LogP contribution in [0.4, 0.5) is 4.39 Å². The molecule has 0 radical (unpaired) electrons. The molecule has 0 spiro atoms. The molecule has 1 aromatic carbocycles. The first-order chi connectivity index (χ1) is 13.9. The molecule has 29 heavy (non-hydrogen) atoms. The molecule has 0 bridgehead atoms. The van der Waals surface area contributed by atoms with Crippen LogP contribution >= 0.6 is 11.6 Å². The predicted octanol–water partition coefficient (Wildman–Crippen LogP) is 3.86. The summed E-state index contributed by atoms with van der Waals surface area (Å²) in [6.07, 6.45) is 4.53. The van der Waals surface area contributed by atoms with Crippen molar-refractivity contribution in [3.8, 4) is 0 Å². The molecule has 1 saturated carbocycles. The average molecular weight is 420 g/mol. The molecule has 1 N–H and O–H groups in total. The number of aliphatic hydroxyl groups excluding tert-OH is 1. The van der Waals surface area contributed by atoms with Crippen LogP contribution in [0, 0.1) is 18.7 Å². The summed E-state index contributed by atoms with van der Waals surface area (Å²) in [5.41, 5.74) is 3.64. The van der Waals surface area contributed by atoms with E-state index in [4.69, 9.17) is 11.6 Å². The first-order valence-electron chi connectivity index (χ1n) is 10.4. The first kappa shape index (κ1) is 20.4. The SMILES string of the molecule is Cc1nn(Cc2ccc(Cl)cc2F)c2c1CCN(C(=O)CC1CCC(O)CC1)C2. The number of rotatable bonds is 4. The van der Waals surface area contributed by atoms with Gasteiger partial charge >= 0.3 is 0 Å². The molecule has 4 rings (SSSR count). The van der Waals surface area contributed by atoms with Crippen molar-refractivity contribution < 1.29 is 14.3 Å². The zero-order chi connectivity index (χ0) is 20.5. The zero-order valence-electron chi connectivity index (χ0n) is 16.7. The van der Waals surface area contributed by atoms with Crippen molar-refractivity contribution in [2.75, 3.05) is 6.54 Å². The number of hydrogen-bond donors (Lipinski definition) is 1. The van der Waals surface area contributed by atoms with Gasteiger partial charge in [-0.05, 0) is 62.6 Å². The summed E-state index contributed by atoms with van der Waals surface area (Å²) < 4.78 is 16.1. The summed E-state index contributed by atoms with van der Waals surface area (Å²) in [6, 6.07) is 4.68. The number of carbonyl (C=O) groups is 1. The molecule has 0 atom stereocenters. The molecule has 156 valence electrons. The van der Waals surface area contributed by atoms with Crippen LogP contribution in [0.5, 0.6) is 0 Å². The summed E-state index contributed by atoms with van der Waals surface area (Å²) in [4.78, 5) is 14.8. The summed E-state index contributed by atoms with van der Waals surface area (Å²) in [7, 11) is 0. The fourth-order valence-electron chi connectivity index (χ4n) is 4.56. The summed E-state index contributed by atoms with van der Waals surface area (Å²) >= 11 is 5.86. The van der Waals surface area contributed by atoms with Crippen LogP contribution in [0.2, 0.25) is 5.02 Å². The van der Waals surface area contributed by atoms with Gasteiger partial charge in [-0.1, -0.05) is 17.7 Å². The second kappa shape index (κ2) is 8.44. The lowest BCUT2D eigenvalue weighted by Gasteiger charge is -2.31. The molecule has 2 aromatic rings. The smallest absolute Gasteiger partial charge is 0.223 e. The topological polar surface area (TPSA) is 58.4 Å². The van der Waals surface area contributed by atoms with Crippen LogP contribution in [0.1, 0.15) is 54.6 Å². The highest BCUT2D eigenvalue weighted by atomic mass is 35.5. The average Bonchev–Trinajstić information content (AvgIpc) is 3.01. The maximum atomic E-state index is 14.3. The van der Waals surface area contributed by atoms with E-state index in [1.165, 1.54) is 11.6 Å². The Morgan fingerprint density at radius 1 is 1.31 bits per heavy atom. The van der Waals surface area contributed by atoms with Crippen molar-refractivity contribution in [3.63, 3.8) is 0 Å². The van der Waals surface area contributed by atoms with Gasteiger partial charge in [0.25, 0.3) is 0 Å². The van der Waals surface area contributed by atoms with Crippen LogP contribution in [0.25, 0.3) is 0 Å². The number of aromatic nitrogens is 2. The lowest BCUT2D eigenvalue weighted by molar-refractivity contribution is -0.133. The molecule has 5 nitrogen and oxygen atoms in total. The van der Waals surface area contributed by atoms with Gasteiger partial charge in [-0.3, -0.25) is 9.48 Å². The first-order valence-corrected chi connectivity index (χ1v) is 10.7. The Balaban J connectivity index is 1.47. The van der Waals surface area contributed by atoms with E-state index in [0.29, 0.717) is 42.6 Å². The van der Waals surface area contributed by atoms with Gasteiger partial charge in [0.15, 0.2) is 0 Å². The molecule has 1 aliphatic carbocycles. The summed E-state index contributed by atoms with van der Waals surface area (Å²) in [6.45, 7) is 3.50. The number of carbonyl (C=O) groups excluding carboxylic acids is 1. The van der Waals surface area contributed by atoms with Gasteiger partial charge in [-0.25, -0.2) is 4.39 Å². The van der Waals surface area contributed by atoms with Gasteiger partial charge in [0, 0.05) is 23.6 Å². The lowest BCUT2D eigenvalue weighted by atomic mass is 9.85. The Morgan fingerprint density at radius 3 is 2.79 bits per heavy atom. The molecular weight excluding hydrogens is 393 g/mol. The molecular formula is C22H27ClFN3O2. The number of aryl methyl sites for hydroxylation is 1. The maximum absolute atomic E-state index is 14.3. The second-order valence-corrected chi connectivity index (χ2v) is 8.78. The molecule has 2 heterocycles. The highest BCUT2D eigenvalue weighted by Gasteiger charge is 2.29. The van der Waals surface area contributed by atoms with Gasteiger partial charge in [-0.15, -0.1) is 0 Å². The number of aliphatic hydroxyl groups is 1. The van der Waals surface area contributed by atoms with E-state index in [-0.39, 0.29) is 17.8 Å². The van der Waals surface area contributed by atoms with Gasteiger partial charge in [0.05, 0.1) is 30.6 Å². The molecule has 0 saturated heterocycles. The van der Waals surface area contributed by atoms with Gasteiger partial charge in [0.1, 0.15) is 5.82 Å². The normalized spacial score (nSPS) is 21.9. The third-order valence-corrected chi connectivity index (χ3v) is 6.54. The van der Waals surface area contributed by atoms with Crippen LogP contribution in [0.15, 0.2) is 18.2 Å². The molecule has 0 unspecified atom stereocenters. The fourth-order valence-corrected chi connectivity index (χ4v) is 4.71. The lowest BCUT2D eigenvalue weighted by Crippen LogP contribution is -2.38. The summed E-state index contributed by atoms with van der Waals surface area (Å²) in [5.74, 6) is 0.185. The van der Waals surface area contributed by atoms with E-state index in [0.717, 1.165) is 43.5 Å². The van der Waals surface area contributed by atoms with Crippen LogP contribution in [-0.4, -0.2) is 38.3 Å². The van der Waals surface area contributed by atoms with Crippen LogP contribution in [-0.2, 0) is 24.3 Å². The monoisotopic (exact) mass is 419 g/mol. The third-order valence-electron chi connectivity index (χ3n) is 6.31. The zero-order valence-corrected chi connectivity index (χ0v) is 17.5. The van der Waals surface area contributed by atoms with Crippen LogP contribution in [0.3, 0.4) is 0 Å². The minimum Gasteiger partial charge on any atom is -0.393 e. The summed E-state index contributed by atoms with van der Waals surface area (Å²) in [5, 5.41) is 14.7. The quantitative estimate of drug-likeness (QED) is 0.818. The Labute approximate surface area is 175 Å². The van der Waals surface area contributed by atoms with Gasteiger partial charge in [-0.2, -0.15) is 5.10 Å². The number of halogens is 2. The van der Waals surface area contributed by atoms with Crippen molar-refractivity contribution in [2.45, 2.75) is 64.6 Å². The van der Waals surface area contributed by atoms with E-state index < -0.39 is 0 Å². The fraction of sp³-hybridized carbons (Fsp3) is 0.545. The van der Waals surface area contributed by atoms with E-state index in [2.05, 4.69) is 5.10 Å². The number of hydrogen-bond acceptors (Lipinski definition) is 3. The van der Waals surface area contributed by atoms with Crippen molar-refractivity contribution >= 4 is 17.5 Å². The molecule has 2 aliphatic rings. The number of benzene rings is 1. The largest absolute Gasteiger partial charge is 0.393 e. The Bertz CT molecular complexity index is 906. The highest BCUT2D eigenvalue weighted by Crippen LogP contribution is 2.29. The Hall–Kier alpha value is -1.92. The highest BCUT2D eigenvalue weighted by molar-refractivity contribution is 6.30. The van der Waals surface area contributed by atoms with Gasteiger partial charge in [0.2, 0.25) is 5.91 Å². The molecule has 1 amide bonds. The maximum Gasteiger partial charge on any atom is 0.223 e.